The molecule has 1 N–H and O–H groups in total. The Balaban J connectivity index is 1.49. The Bertz CT molecular complexity index is 1480. The van der Waals surface area contributed by atoms with Gasteiger partial charge in [-0.2, -0.15) is 0 Å². The third-order valence-electron chi connectivity index (χ3n) is 5.93. The first-order valence-corrected chi connectivity index (χ1v) is 14.4. The zero-order valence-corrected chi connectivity index (χ0v) is 25.3. The summed E-state index contributed by atoms with van der Waals surface area (Å²) in [6, 6.07) is 16.6. The number of rotatable bonds is 9. The van der Waals surface area contributed by atoms with E-state index in [1.165, 1.54) is 0 Å². The van der Waals surface area contributed by atoms with Gasteiger partial charge in [-0.05, 0) is 108 Å². The molecular formula is C29H26ClIN2O5S. The fourth-order valence-corrected chi connectivity index (χ4v) is 5.60. The number of hydrogen-bond donors (Lipinski definition) is 1. The van der Waals surface area contributed by atoms with Crippen molar-refractivity contribution in [3.05, 3.63) is 90.3 Å². The molecule has 0 atom stereocenters. The molecule has 0 spiro atoms. The molecule has 0 aromatic heterocycles. The van der Waals surface area contributed by atoms with Gasteiger partial charge in [0.25, 0.3) is 11.1 Å². The number of carbonyl (C=O) groups is 3. The third-order valence-corrected chi connectivity index (χ3v) is 8.00. The van der Waals surface area contributed by atoms with Gasteiger partial charge in [0.05, 0.1) is 15.1 Å². The first-order valence-electron chi connectivity index (χ1n) is 12.1. The van der Waals surface area contributed by atoms with Gasteiger partial charge in [0.15, 0.2) is 11.5 Å². The van der Waals surface area contributed by atoms with Crippen LogP contribution in [0, 0.1) is 17.4 Å². The van der Waals surface area contributed by atoms with Crippen molar-refractivity contribution in [2.75, 3.05) is 18.5 Å². The van der Waals surface area contributed by atoms with Gasteiger partial charge < -0.3 is 14.8 Å². The Labute approximate surface area is 250 Å². The number of amides is 3. The van der Waals surface area contributed by atoms with Crippen molar-refractivity contribution in [3.8, 4) is 11.5 Å². The standard InChI is InChI=1S/C29H26ClIN2O5S/c1-4-37-24-13-19(12-23(31)27(24)38-16-20-7-5-6-8-22(20)30)14-25-28(35)33(29(36)39-25)15-26(34)32-21-10-9-17(2)18(3)11-21/h5-14H,4,15-16H2,1-3H3,(H,32,34)/b25-14+. The van der Waals surface area contributed by atoms with Crippen LogP contribution in [0.5, 0.6) is 11.5 Å². The highest BCUT2D eigenvalue weighted by Crippen LogP contribution is 2.38. The number of ether oxygens (including phenoxy) is 2. The molecule has 4 rings (SSSR count). The molecule has 1 aliphatic rings. The van der Waals surface area contributed by atoms with Crippen LogP contribution >= 0.6 is 46.0 Å². The lowest BCUT2D eigenvalue weighted by atomic mass is 10.1. The summed E-state index contributed by atoms with van der Waals surface area (Å²) < 4.78 is 12.6. The van der Waals surface area contributed by atoms with E-state index in [1.807, 2.05) is 57.2 Å². The molecule has 7 nitrogen and oxygen atoms in total. The third kappa shape index (κ3) is 7.14. The van der Waals surface area contributed by atoms with Gasteiger partial charge >= 0.3 is 0 Å². The summed E-state index contributed by atoms with van der Waals surface area (Å²) in [7, 11) is 0. The smallest absolute Gasteiger partial charge is 0.294 e. The molecule has 3 aromatic rings. The molecule has 1 saturated heterocycles. The van der Waals surface area contributed by atoms with Gasteiger partial charge in [-0.15, -0.1) is 0 Å². The van der Waals surface area contributed by atoms with E-state index < -0.39 is 17.1 Å². The van der Waals surface area contributed by atoms with E-state index in [0.29, 0.717) is 34.4 Å². The van der Waals surface area contributed by atoms with E-state index in [4.69, 9.17) is 21.1 Å². The number of nitrogens with one attached hydrogen (secondary N) is 1. The van der Waals surface area contributed by atoms with Crippen molar-refractivity contribution in [3.63, 3.8) is 0 Å². The number of anilines is 1. The fraction of sp³-hybridized carbons (Fsp3) is 0.207. The lowest BCUT2D eigenvalue weighted by Crippen LogP contribution is -2.36. The maximum absolute atomic E-state index is 13.0. The van der Waals surface area contributed by atoms with Crippen LogP contribution in [-0.4, -0.2) is 35.1 Å². The van der Waals surface area contributed by atoms with Crippen LogP contribution in [0.25, 0.3) is 6.08 Å². The maximum atomic E-state index is 13.0. The average Bonchev–Trinajstić information content (AvgIpc) is 3.14. The van der Waals surface area contributed by atoms with E-state index in [9.17, 15) is 14.4 Å². The van der Waals surface area contributed by atoms with Crippen LogP contribution in [0.15, 0.2) is 59.5 Å². The number of imide groups is 1. The second-order valence-electron chi connectivity index (χ2n) is 8.76. The van der Waals surface area contributed by atoms with Crippen molar-refractivity contribution in [2.24, 2.45) is 0 Å². The topological polar surface area (TPSA) is 84.9 Å². The number of nitrogens with zero attached hydrogens (tertiary/aromatic N) is 1. The van der Waals surface area contributed by atoms with Gasteiger partial charge in [-0.3, -0.25) is 19.3 Å². The molecule has 1 heterocycles. The van der Waals surface area contributed by atoms with Gasteiger partial charge in [0.1, 0.15) is 13.2 Å². The molecule has 39 heavy (non-hydrogen) atoms. The Morgan fingerprint density at radius 3 is 2.56 bits per heavy atom. The van der Waals surface area contributed by atoms with Crippen molar-refractivity contribution in [1.82, 2.24) is 4.90 Å². The lowest BCUT2D eigenvalue weighted by molar-refractivity contribution is -0.127. The summed E-state index contributed by atoms with van der Waals surface area (Å²) in [5.41, 5.74) is 4.25. The highest BCUT2D eigenvalue weighted by atomic mass is 127. The number of benzene rings is 3. The maximum Gasteiger partial charge on any atom is 0.294 e. The molecule has 3 amide bonds. The highest BCUT2D eigenvalue weighted by molar-refractivity contribution is 14.1. The summed E-state index contributed by atoms with van der Waals surface area (Å²) in [5, 5.41) is 2.86. The van der Waals surface area contributed by atoms with Crippen LogP contribution in [0.1, 0.15) is 29.2 Å². The summed E-state index contributed by atoms with van der Waals surface area (Å²) in [4.78, 5) is 39.4. The SMILES string of the molecule is CCOc1cc(/C=C2/SC(=O)N(CC(=O)Nc3ccc(C)c(C)c3)C2=O)cc(I)c1OCc1ccccc1Cl. The summed E-state index contributed by atoms with van der Waals surface area (Å²) in [5.74, 6) is 0.0996. The predicted octanol–water partition coefficient (Wildman–Crippen LogP) is 7.21. The number of carbonyl (C=O) groups excluding carboxylic acids is 3. The molecule has 0 unspecified atom stereocenters. The Morgan fingerprint density at radius 1 is 1.08 bits per heavy atom. The minimum absolute atomic E-state index is 0.224. The minimum Gasteiger partial charge on any atom is -0.490 e. The van der Waals surface area contributed by atoms with E-state index >= 15 is 0 Å². The zero-order valence-electron chi connectivity index (χ0n) is 21.5. The lowest BCUT2D eigenvalue weighted by Gasteiger charge is -2.15. The fourth-order valence-electron chi connectivity index (χ4n) is 3.79. The zero-order chi connectivity index (χ0) is 28.1. The summed E-state index contributed by atoms with van der Waals surface area (Å²) >= 11 is 9.20. The summed E-state index contributed by atoms with van der Waals surface area (Å²) in [6.45, 7) is 6.10. The van der Waals surface area contributed by atoms with E-state index in [1.54, 1.807) is 24.3 Å². The van der Waals surface area contributed by atoms with Crippen LogP contribution in [0.4, 0.5) is 10.5 Å². The average molecular weight is 677 g/mol. The van der Waals surface area contributed by atoms with Crippen LogP contribution in [-0.2, 0) is 16.2 Å². The largest absolute Gasteiger partial charge is 0.490 e. The minimum atomic E-state index is -0.521. The predicted molar refractivity (Wildman–Crippen MR) is 163 cm³/mol. The number of aryl methyl sites for hydroxylation is 2. The molecule has 10 heteroatoms. The van der Waals surface area contributed by atoms with Gasteiger partial charge in [-0.1, -0.05) is 35.9 Å². The molecule has 3 aromatic carbocycles. The number of hydrogen-bond acceptors (Lipinski definition) is 6. The molecule has 0 radical (unpaired) electrons. The van der Waals surface area contributed by atoms with Gasteiger partial charge in [-0.25, -0.2) is 0 Å². The van der Waals surface area contributed by atoms with Crippen molar-refractivity contribution in [1.29, 1.82) is 0 Å². The Kier molecular flexibility index (Phi) is 9.58. The van der Waals surface area contributed by atoms with Crippen LogP contribution < -0.4 is 14.8 Å². The quantitative estimate of drug-likeness (QED) is 0.191. The number of thioether (sulfide) groups is 1. The second kappa shape index (κ2) is 12.9. The van der Waals surface area contributed by atoms with E-state index in [2.05, 4.69) is 27.9 Å². The highest BCUT2D eigenvalue weighted by Gasteiger charge is 2.36. The van der Waals surface area contributed by atoms with E-state index in [-0.39, 0.29) is 18.1 Å². The molecule has 0 aliphatic carbocycles. The first-order chi connectivity index (χ1) is 18.7. The molecular weight excluding hydrogens is 651 g/mol. The molecule has 1 fully saturated rings. The second-order valence-corrected chi connectivity index (χ2v) is 11.3. The number of halogens is 2. The van der Waals surface area contributed by atoms with Crippen molar-refractivity contribution >= 4 is 74.8 Å². The van der Waals surface area contributed by atoms with Gasteiger partial charge in [0.2, 0.25) is 5.91 Å². The summed E-state index contributed by atoms with van der Waals surface area (Å²) in [6.07, 6.45) is 1.62. The van der Waals surface area contributed by atoms with Crippen LogP contribution in [0.3, 0.4) is 0 Å². The molecule has 1 aliphatic heterocycles. The van der Waals surface area contributed by atoms with Crippen LogP contribution in [0.2, 0.25) is 5.02 Å². The van der Waals surface area contributed by atoms with Crippen molar-refractivity contribution < 1.29 is 23.9 Å². The van der Waals surface area contributed by atoms with Gasteiger partial charge in [0, 0.05) is 16.3 Å². The van der Waals surface area contributed by atoms with E-state index in [0.717, 1.165) is 36.9 Å². The monoisotopic (exact) mass is 676 g/mol. The molecule has 202 valence electrons. The normalized spacial score (nSPS) is 14.2. The Morgan fingerprint density at radius 2 is 1.85 bits per heavy atom. The molecule has 0 bridgehead atoms. The van der Waals surface area contributed by atoms with Crippen molar-refractivity contribution in [2.45, 2.75) is 27.4 Å². The Hall–Kier alpha value is -3.02. The molecule has 0 saturated carbocycles. The first kappa shape index (κ1) is 29.0.